The van der Waals surface area contributed by atoms with Crippen LogP contribution in [0.3, 0.4) is 0 Å². The maximum atomic E-state index is 5.80. The highest BCUT2D eigenvalue weighted by molar-refractivity contribution is 4.98. The lowest BCUT2D eigenvalue weighted by molar-refractivity contribution is 0.0334. The highest BCUT2D eigenvalue weighted by Gasteiger charge is 2.26. The average Bonchev–Trinajstić information content (AvgIpc) is 3.18. The molecule has 0 spiro atoms. The zero-order valence-corrected chi connectivity index (χ0v) is 14.6. The van der Waals surface area contributed by atoms with Crippen molar-refractivity contribution < 1.29 is 14.0 Å². The second kappa shape index (κ2) is 7.28. The molecule has 0 unspecified atom stereocenters. The van der Waals surface area contributed by atoms with Gasteiger partial charge in [0.1, 0.15) is 0 Å². The van der Waals surface area contributed by atoms with Gasteiger partial charge in [0.05, 0.1) is 18.8 Å². The molecule has 6 nitrogen and oxygen atoms in total. The van der Waals surface area contributed by atoms with Crippen molar-refractivity contribution in [2.24, 2.45) is 0 Å². The number of aromatic nitrogens is 2. The summed E-state index contributed by atoms with van der Waals surface area (Å²) in [4.78, 5) is 6.93. The molecule has 0 aromatic carbocycles. The Kier molecular flexibility index (Phi) is 5.34. The smallest absolute Gasteiger partial charge is 0.232 e. The van der Waals surface area contributed by atoms with Crippen molar-refractivity contribution in [1.29, 1.82) is 0 Å². The predicted molar refractivity (Wildman–Crippen MR) is 86.2 cm³/mol. The van der Waals surface area contributed by atoms with E-state index in [-0.39, 0.29) is 5.41 Å². The lowest BCUT2D eigenvalue weighted by Gasteiger charge is -2.26. The third kappa shape index (κ3) is 4.75. The van der Waals surface area contributed by atoms with Gasteiger partial charge in [0, 0.05) is 31.7 Å². The molecule has 0 radical (unpaired) electrons. The summed E-state index contributed by atoms with van der Waals surface area (Å²) in [6.07, 6.45) is 5.25. The Morgan fingerprint density at radius 2 is 1.65 bits per heavy atom. The molecule has 2 saturated heterocycles. The van der Waals surface area contributed by atoms with Crippen LogP contribution in [0.2, 0.25) is 0 Å². The fraction of sp³-hybridized carbons (Fsp3) is 0.882. The van der Waals surface area contributed by atoms with Gasteiger partial charge in [0.15, 0.2) is 5.82 Å². The summed E-state index contributed by atoms with van der Waals surface area (Å²) in [7, 11) is 0. The van der Waals surface area contributed by atoms with E-state index in [1.807, 2.05) is 0 Å². The average molecular weight is 323 g/mol. The quantitative estimate of drug-likeness (QED) is 0.802. The number of hydrogen-bond donors (Lipinski definition) is 0. The molecule has 23 heavy (non-hydrogen) atoms. The summed E-state index contributed by atoms with van der Waals surface area (Å²) < 4.78 is 17.0. The van der Waals surface area contributed by atoms with Gasteiger partial charge in [-0.3, -0.25) is 4.90 Å². The Morgan fingerprint density at radius 1 is 1.04 bits per heavy atom. The van der Waals surface area contributed by atoms with Crippen LogP contribution in [0.15, 0.2) is 4.52 Å². The fourth-order valence-electron chi connectivity index (χ4n) is 3.18. The Morgan fingerprint density at radius 3 is 2.09 bits per heavy atom. The molecule has 2 fully saturated rings. The monoisotopic (exact) mass is 323 g/mol. The summed E-state index contributed by atoms with van der Waals surface area (Å²) >= 11 is 0. The first-order valence-electron chi connectivity index (χ1n) is 8.79. The second-order valence-electron chi connectivity index (χ2n) is 7.73. The van der Waals surface area contributed by atoms with Crippen molar-refractivity contribution in [1.82, 2.24) is 15.0 Å². The Balaban J connectivity index is 1.62. The number of ether oxygens (including phenoxy) is 2. The van der Waals surface area contributed by atoms with E-state index in [1.54, 1.807) is 0 Å². The van der Waals surface area contributed by atoms with Gasteiger partial charge in [-0.2, -0.15) is 4.98 Å². The maximum absolute atomic E-state index is 5.80. The van der Waals surface area contributed by atoms with Gasteiger partial charge in [-0.05, 0) is 25.7 Å². The molecular weight excluding hydrogens is 294 g/mol. The van der Waals surface area contributed by atoms with Gasteiger partial charge < -0.3 is 14.0 Å². The summed E-state index contributed by atoms with van der Waals surface area (Å²) in [5.41, 5.74) is -0.112. The molecule has 1 aromatic rings. The molecule has 0 bridgehead atoms. The Bertz CT molecular complexity index is 468. The molecule has 0 saturated carbocycles. The van der Waals surface area contributed by atoms with Gasteiger partial charge in [-0.25, -0.2) is 0 Å². The van der Waals surface area contributed by atoms with Crippen LogP contribution < -0.4 is 0 Å². The van der Waals surface area contributed by atoms with Crippen LogP contribution in [0.1, 0.15) is 58.2 Å². The largest absolute Gasteiger partial charge is 0.377 e. The topological polar surface area (TPSA) is 60.6 Å². The first-order chi connectivity index (χ1) is 11.0. The minimum absolute atomic E-state index is 0.112. The van der Waals surface area contributed by atoms with Gasteiger partial charge in [0.2, 0.25) is 5.89 Å². The van der Waals surface area contributed by atoms with Crippen LogP contribution >= 0.6 is 0 Å². The van der Waals surface area contributed by atoms with Gasteiger partial charge in [-0.15, -0.1) is 0 Å². The second-order valence-corrected chi connectivity index (χ2v) is 7.73. The van der Waals surface area contributed by atoms with E-state index in [4.69, 9.17) is 14.0 Å². The molecule has 0 N–H and O–H groups in total. The summed E-state index contributed by atoms with van der Waals surface area (Å²) in [6.45, 7) is 10.5. The van der Waals surface area contributed by atoms with Crippen molar-refractivity contribution in [3.05, 3.63) is 11.7 Å². The molecule has 3 rings (SSSR count). The van der Waals surface area contributed by atoms with E-state index in [0.29, 0.717) is 24.6 Å². The van der Waals surface area contributed by atoms with Crippen molar-refractivity contribution in [2.45, 2.75) is 70.6 Å². The Labute approximate surface area is 138 Å². The zero-order valence-electron chi connectivity index (χ0n) is 14.6. The van der Waals surface area contributed by atoms with E-state index in [9.17, 15) is 0 Å². The molecule has 3 heterocycles. The summed E-state index contributed by atoms with van der Waals surface area (Å²) in [6, 6.07) is 0. The predicted octanol–water partition coefficient (Wildman–Crippen LogP) is 2.53. The van der Waals surface area contributed by atoms with Crippen LogP contribution in [0, 0.1) is 0 Å². The molecule has 2 atom stereocenters. The van der Waals surface area contributed by atoms with Crippen LogP contribution in [-0.2, 0) is 21.4 Å². The molecule has 1 aromatic heterocycles. The van der Waals surface area contributed by atoms with Crippen LogP contribution in [0.4, 0.5) is 0 Å². The van der Waals surface area contributed by atoms with E-state index in [1.165, 1.54) is 0 Å². The van der Waals surface area contributed by atoms with Gasteiger partial charge >= 0.3 is 0 Å². The van der Waals surface area contributed by atoms with Gasteiger partial charge in [-0.1, -0.05) is 25.9 Å². The van der Waals surface area contributed by atoms with Crippen LogP contribution in [0.5, 0.6) is 0 Å². The fourth-order valence-corrected chi connectivity index (χ4v) is 3.18. The molecule has 130 valence electrons. The summed E-state index contributed by atoms with van der Waals surface area (Å²) in [5.74, 6) is 1.45. The van der Waals surface area contributed by atoms with Crippen molar-refractivity contribution >= 4 is 0 Å². The lowest BCUT2D eigenvalue weighted by atomic mass is 9.97. The number of rotatable bonds is 6. The zero-order chi connectivity index (χ0) is 16.3. The Hall–Kier alpha value is -0.980. The highest BCUT2D eigenvalue weighted by atomic mass is 16.5. The first-order valence-corrected chi connectivity index (χ1v) is 8.79. The van der Waals surface area contributed by atoms with Crippen molar-refractivity contribution in [3.63, 3.8) is 0 Å². The molecular formula is C17H29N3O3. The minimum atomic E-state index is -0.112. The minimum Gasteiger partial charge on any atom is -0.377 e. The normalized spacial score (nSPS) is 25.6. The SMILES string of the molecule is CC(C)(C)c1nc(CN(C[C@H]2CCCO2)C[C@H]2CCCO2)no1. The van der Waals surface area contributed by atoms with E-state index in [0.717, 1.165) is 57.8 Å². The third-order valence-corrected chi connectivity index (χ3v) is 4.45. The third-order valence-electron chi connectivity index (χ3n) is 4.45. The van der Waals surface area contributed by atoms with Crippen LogP contribution in [0.25, 0.3) is 0 Å². The molecule has 0 amide bonds. The lowest BCUT2D eigenvalue weighted by Crippen LogP contribution is -2.37. The number of nitrogens with zero attached hydrogens (tertiary/aromatic N) is 3. The molecule has 2 aliphatic heterocycles. The molecule has 6 heteroatoms. The number of hydrogen-bond acceptors (Lipinski definition) is 6. The maximum Gasteiger partial charge on any atom is 0.232 e. The molecule has 0 aliphatic carbocycles. The highest BCUT2D eigenvalue weighted by Crippen LogP contribution is 2.21. The van der Waals surface area contributed by atoms with E-state index in [2.05, 4.69) is 35.8 Å². The van der Waals surface area contributed by atoms with Crippen LogP contribution in [-0.4, -0.2) is 53.6 Å². The van der Waals surface area contributed by atoms with Gasteiger partial charge in [0.25, 0.3) is 0 Å². The summed E-state index contributed by atoms with van der Waals surface area (Å²) in [5, 5.41) is 4.16. The van der Waals surface area contributed by atoms with E-state index >= 15 is 0 Å². The van der Waals surface area contributed by atoms with Crippen molar-refractivity contribution in [3.8, 4) is 0 Å². The van der Waals surface area contributed by atoms with E-state index < -0.39 is 0 Å². The first kappa shape index (κ1) is 16.9. The van der Waals surface area contributed by atoms with Crippen molar-refractivity contribution in [2.75, 3.05) is 26.3 Å². The standard InChI is InChI=1S/C17H29N3O3/c1-17(2,3)16-18-15(19-23-16)12-20(10-13-6-4-8-21-13)11-14-7-5-9-22-14/h13-14H,4-12H2,1-3H3/t13-,14-/m1/s1. The molecule has 2 aliphatic rings.